The minimum absolute atomic E-state index is 0.0789. The summed E-state index contributed by atoms with van der Waals surface area (Å²) < 4.78 is 1.79. The van der Waals surface area contributed by atoms with Crippen LogP contribution >= 0.6 is 11.6 Å². The first-order chi connectivity index (χ1) is 8.63. The number of aromatic nitrogens is 2. The van der Waals surface area contributed by atoms with Gasteiger partial charge in [0.25, 0.3) is 0 Å². The zero-order valence-corrected chi connectivity index (χ0v) is 11.5. The monoisotopic (exact) mass is 270 g/mol. The third kappa shape index (κ3) is 2.67. The number of aryl methyl sites for hydroxylation is 2. The largest absolute Gasteiger partial charge is 0.355 e. The molecule has 0 aliphatic carbocycles. The predicted octanol–water partition coefficient (Wildman–Crippen LogP) is 1.00. The Morgan fingerprint density at radius 1 is 1.61 bits per heavy atom. The SMILES string of the molecule is CCc1nn(C)c(CNC2CCCNC2=O)c1Cl. The lowest BCUT2D eigenvalue weighted by Crippen LogP contribution is -2.48. The Bertz CT molecular complexity index is 444. The molecule has 1 aliphatic heterocycles. The van der Waals surface area contributed by atoms with Crippen molar-refractivity contribution in [2.75, 3.05) is 6.54 Å². The summed E-state index contributed by atoms with van der Waals surface area (Å²) in [7, 11) is 1.88. The highest BCUT2D eigenvalue weighted by Gasteiger charge is 2.22. The van der Waals surface area contributed by atoms with Crippen LogP contribution in [0.3, 0.4) is 0 Å². The van der Waals surface area contributed by atoms with Crippen LogP contribution in [-0.4, -0.2) is 28.3 Å². The number of nitrogens with one attached hydrogen (secondary N) is 2. The predicted molar refractivity (Wildman–Crippen MR) is 70.5 cm³/mol. The second-order valence-corrected chi connectivity index (χ2v) is 4.93. The van der Waals surface area contributed by atoms with E-state index in [0.717, 1.165) is 37.2 Å². The molecule has 1 amide bonds. The lowest BCUT2D eigenvalue weighted by molar-refractivity contribution is -0.124. The number of amides is 1. The number of hydrogen-bond acceptors (Lipinski definition) is 3. The molecule has 0 aromatic carbocycles. The quantitative estimate of drug-likeness (QED) is 0.858. The van der Waals surface area contributed by atoms with Crippen LogP contribution in [0.1, 0.15) is 31.2 Å². The van der Waals surface area contributed by atoms with Crippen molar-refractivity contribution < 1.29 is 4.79 Å². The first-order valence-corrected chi connectivity index (χ1v) is 6.72. The zero-order valence-electron chi connectivity index (χ0n) is 10.8. The molecule has 0 bridgehead atoms. The van der Waals surface area contributed by atoms with Gasteiger partial charge in [0.15, 0.2) is 0 Å². The maximum absolute atomic E-state index is 11.6. The van der Waals surface area contributed by atoms with Crippen molar-refractivity contribution >= 4 is 17.5 Å². The van der Waals surface area contributed by atoms with E-state index in [9.17, 15) is 4.79 Å². The van der Waals surface area contributed by atoms with Gasteiger partial charge in [-0.2, -0.15) is 5.10 Å². The highest BCUT2D eigenvalue weighted by atomic mass is 35.5. The van der Waals surface area contributed by atoms with E-state index in [0.29, 0.717) is 11.6 Å². The summed E-state index contributed by atoms with van der Waals surface area (Å²) in [6.07, 6.45) is 2.71. The van der Waals surface area contributed by atoms with Gasteiger partial charge in [0.1, 0.15) is 0 Å². The van der Waals surface area contributed by atoms with Gasteiger partial charge in [0.2, 0.25) is 5.91 Å². The van der Waals surface area contributed by atoms with Crippen LogP contribution in [-0.2, 0) is 24.8 Å². The fourth-order valence-electron chi connectivity index (χ4n) is 2.20. The van der Waals surface area contributed by atoms with Gasteiger partial charge in [0.05, 0.1) is 22.5 Å². The summed E-state index contributed by atoms with van der Waals surface area (Å²) in [4.78, 5) is 11.6. The van der Waals surface area contributed by atoms with Crippen molar-refractivity contribution in [2.24, 2.45) is 7.05 Å². The number of hydrogen-bond donors (Lipinski definition) is 2. The van der Waals surface area contributed by atoms with E-state index in [-0.39, 0.29) is 11.9 Å². The molecule has 2 N–H and O–H groups in total. The van der Waals surface area contributed by atoms with E-state index >= 15 is 0 Å². The first kappa shape index (κ1) is 13.4. The molecule has 1 atom stereocenters. The van der Waals surface area contributed by atoms with Crippen molar-refractivity contribution in [1.82, 2.24) is 20.4 Å². The van der Waals surface area contributed by atoms with E-state index in [2.05, 4.69) is 15.7 Å². The molecule has 2 rings (SSSR count). The first-order valence-electron chi connectivity index (χ1n) is 6.34. The topological polar surface area (TPSA) is 59.0 Å². The van der Waals surface area contributed by atoms with Crippen LogP contribution in [0, 0.1) is 0 Å². The Morgan fingerprint density at radius 2 is 2.39 bits per heavy atom. The summed E-state index contributed by atoms with van der Waals surface area (Å²) in [6, 6.07) is -0.116. The number of rotatable bonds is 4. The molecular formula is C12H19ClN4O. The van der Waals surface area contributed by atoms with Gasteiger partial charge in [-0.25, -0.2) is 0 Å². The third-order valence-corrected chi connectivity index (χ3v) is 3.74. The van der Waals surface area contributed by atoms with Crippen LogP contribution < -0.4 is 10.6 Å². The molecule has 1 aliphatic rings. The molecule has 1 aromatic heterocycles. The molecule has 1 fully saturated rings. The standard InChI is InChI=1S/C12H19ClN4O/c1-3-8-11(13)10(17(2)16-8)7-15-9-5-4-6-14-12(9)18/h9,15H,3-7H2,1-2H3,(H,14,18). The van der Waals surface area contributed by atoms with E-state index in [1.807, 2.05) is 14.0 Å². The van der Waals surface area contributed by atoms with Gasteiger partial charge < -0.3 is 10.6 Å². The van der Waals surface area contributed by atoms with Gasteiger partial charge in [0, 0.05) is 20.1 Å². The van der Waals surface area contributed by atoms with Crippen LogP contribution in [0.4, 0.5) is 0 Å². The molecule has 1 aromatic rings. The number of nitrogens with zero attached hydrogens (tertiary/aromatic N) is 2. The lowest BCUT2D eigenvalue weighted by atomic mass is 10.1. The van der Waals surface area contributed by atoms with E-state index < -0.39 is 0 Å². The molecule has 18 heavy (non-hydrogen) atoms. The molecule has 100 valence electrons. The Balaban J connectivity index is 2.01. The van der Waals surface area contributed by atoms with Gasteiger partial charge in [-0.1, -0.05) is 18.5 Å². The van der Waals surface area contributed by atoms with Crippen LogP contribution in [0.25, 0.3) is 0 Å². The molecule has 2 heterocycles. The maximum Gasteiger partial charge on any atom is 0.237 e. The highest BCUT2D eigenvalue weighted by molar-refractivity contribution is 6.31. The molecule has 0 saturated carbocycles. The van der Waals surface area contributed by atoms with E-state index in [1.165, 1.54) is 0 Å². The van der Waals surface area contributed by atoms with Gasteiger partial charge >= 0.3 is 0 Å². The number of carbonyl (C=O) groups excluding carboxylic acids is 1. The average Bonchev–Trinajstić information content (AvgIpc) is 2.64. The number of halogens is 1. The Kier molecular flexibility index (Phi) is 4.24. The minimum atomic E-state index is -0.116. The van der Waals surface area contributed by atoms with Crippen molar-refractivity contribution in [3.63, 3.8) is 0 Å². The molecule has 6 heteroatoms. The minimum Gasteiger partial charge on any atom is -0.355 e. The van der Waals surface area contributed by atoms with Crippen molar-refractivity contribution in [3.05, 3.63) is 16.4 Å². The third-order valence-electron chi connectivity index (χ3n) is 3.30. The molecule has 0 radical (unpaired) electrons. The average molecular weight is 271 g/mol. The Hall–Kier alpha value is -1.07. The fraction of sp³-hybridized carbons (Fsp3) is 0.667. The Labute approximate surface area is 112 Å². The normalized spacial score (nSPS) is 19.9. The molecule has 0 spiro atoms. The van der Waals surface area contributed by atoms with Crippen LogP contribution in [0.2, 0.25) is 5.02 Å². The van der Waals surface area contributed by atoms with Crippen molar-refractivity contribution in [2.45, 2.75) is 38.8 Å². The molecule has 1 unspecified atom stereocenters. The molecular weight excluding hydrogens is 252 g/mol. The fourth-order valence-corrected chi connectivity index (χ4v) is 2.56. The summed E-state index contributed by atoms with van der Waals surface area (Å²) in [5.74, 6) is 0.0789. The van der Waals surface area contributed by atoms with Crippen molar-refractivity contribution in [3.8, 4) is 0 Å². The van der Waals surface area contributed by atoms with E-state index in [1.54, 1.807) is 4.68 Å². The van der Waals surface area contributed by atoms with Gasteiger partial charge in [-0.15, -0.1) is 0 Å². The second kappa shape index (κ2) is 5.71. The van der Waals surface area contributed by atoms with Gasteiger partial charge in [-0.3, -0.25) is 9.48 Å². The smallest absolute Gasteiger partial charge is 0.237 e. The lowest BCUT2D eigenvalue weighted by Gasteiger charge is -2.22. The Morgan fingerprint density at radius 3 is 3.00 bits per heavy atom. The summed E-state index contributed by atoms with van der Waals surface area (Å²) in [5.41, 5.74) is 1.84. The van der Waals surface area contributed by atoms with Crippen LogP contribution in [0.5, 0.6) is 0 Å². The molecule has 5 nitrogen and oxygen atoms in total. The second-order valence-electron chi connectivity index (χ2n) is 4.55. The number of carbonyl (C=O) groups is 1. The highest BCUT2D eigenvalue weighted by Crippen LogP contribution is 2.20. The van der Waals surface area contributed by atoms with Gasteiger partial charge in [-0.05, 0) is 19.3 Å². The summed E-state index contributed by atoms with van der Waals surface area (Å²) in [5, 5.41) is 11.2. The van der Waals surface area contributed by atoms with E-state index in [4.69, 9.17) is 11.6 Å². The number of piperidine rings is 1. The zero-order chi connectivity index (χ0) is 13.1. The van der Waals surface area contributed by atoms with Crippen LogP contribution in [0.15, 0.2) is 0 Å². The maximum atomic E-state index is 11.6. The van der Waals surface area contributed by atoms with Crippen molar-refractivity contribution in [1.29, 1.82) is 0 Å². The summed E-state index contributed by atoms with van der Waals surface area (Å²) >= 11 is 6.26. The molecule has 1 saturated heterocycles. The summed E-state index contributed by atoms with van der Waals surface area (Å²) in [6.45, 7) is 3.38.